The average molecular weight is 361 g/mol. The summed E-state index contributed by atoms with van der Waals surface area (Å²) in [6.45, 7) is 0.553. The van der Waals surface area contributed by atoms with Gasteiger partial charge >= 0.3 is 0 Å². The fraction of sp³-hybridized carbons (Fsp3) is 0.176. The average Bonchev–Trinajstić information content (AvgIpc) is 2.98. The lowest BCUT2D eigenvalue weighted by Gasteiger charge is -2.29. The fourth-order valence-electron chi connectivity index (χ4n) is 2.59. The molecule has 0 bridgehead atoms. The quantitative estimate of drug-likeness (QED) is 0.586. The summed E-state index contributed by atoms with van der Waals surface area (Å²) in [5.41, 5.74) is 1.27. The number of thiophene rings is 1. The van der Waals surface area contributed by atoms with Crippen LogP contribution in [0.4, 0.5) is 0 Å². The number of alkyl halides is 1. The molecule has 0 saturated heterocycles. The van der Waals surface area contributed by atoms with E-state index in [2.05, 4.69) is 45.6 Å². The summed E-state index contributed by atoms with van der Waals surface area (Å²) in [4.78, 5) is 0.113. The highest BCUT2D eigenvalue weighted by Crippen LogP contribution is 2.41. The summed E-state index contributed by atoms with van der Waals surface area (Å²) in [5, 5.41) is 3.49. The second-order valence-electron chi connectivity index (χ2n) is 5.00. The predicted molar refractivity (Wildman–Crippen MR) is 89.8 cm³/mol. The molecule has 1 aliphatic rings. The van der Waals surface area contributed by atoms with Crippen LogP contribution in [0, 0.1) is 0 Å². The highest BCUT2D eigenvalue weighted by Gasteiger charge is 2.29. The van der Waals surface area contributed by atoms with Crippen LogP contribution in [0.3, 0.4) is 0 Å². The summed E-state index contributed by atoms with van der Waals surface area (Å²) < 4.78 is 13.2. The van der Waals surface area contributed by atoms with Gasteiger partial charge in [0.05, 0.1) is 4.83 Å². The zero-order chi connectivity index (χ0) is 14.2. The van der Waals surface area contributed by atoms with E-state index in [1.807, 2.05) is 24.3 Å². The van der Waals surface area contributed by atoms with Crippen molar-refractivity contribution >= 4 is 37.4 Å². The van der Waals surface area contributed by atoms with E-state index in [9.17, 15) is 0 Å². The number of hydrogen-bond acceptors (Lipinski definition) is 3. The Labute approximate surface area is 135 Å². The Morgan fingerprint density at radius 2 is 1.81 bits per heavy atom. The van der Waals surface area contributed by atoms with Gasteiger partial charge in [-0.1, -0.05) is 46.3 Å². The van der Waals surface area contributed by atoms with Gasteiger partial charge in [0.2, 0.25) is 0 Å². The normalized spacial score (nSPS) is 18.6. The highest BCUT2D eigenvalue weighted by molar-refractivity contribution is 9.09. The number of hydrogen-bond donors (Lipinski definition) is 0. The largest absolute Gasteiger partial charge is 0.486 e. The molecule has 0 amide bonds. The molecule has 2 unspecified atom stereocenters. The van der Waals surface area contributed by atoms with Crippen LogP contribution in [0.25, 0.3) is 10.1 Å². The molecule has 0 spiro atoms. The molecule has 0 aliphatic carbocycles. The molecule has 0 N–H and O–H groups in total. The van der Waals surface area contributed by atoms with Crippen LogP contribution < -0.4 is 9.47 Å². The van der Waals surface area contributed by atoms with Crippen molar-refractivity contribution in [2.45, 2.75) is 10.9 Å². The van der Waals surface area contributed by atoms with Crippen LogP contribution in [-0.4, -0.2) is 12.7 Å². The van der Waals surface area contributed by atoms with Crippen LogP contribution in [0.2, 0.25) is 0 Å². The van der Waals surface area contributed by atoms with Crippen molar-refractivity contribution in [3.63, 3.8) is 0 Å². The highest BCUT2D eigenvalue weighted by atomic mass is 79.9. The summed E-state index contributed by atoms with van der Waals surface area (Å²) in [6, 6.07) is 16.3. The van der Waals surface area contributed by atoms with Gasteiger partial charge in [-0.05, 0) is 34.5 Å². The summed E-state index contributed by atoms with van der Waals surface area (Å²) in [7, 11) is 0. The van der Waals surface area contributed by atoms with E-state index in [1.165, 1.54) is 15.6 Å². The number of rotatable bonds is 2. The van der Waals surface area contributed by atoms with Crippen molar-refractivity contribution in [3.8, 4) is 11.5 Å². The van der Waals surface area contributed by atoms with E-state index in [4.69, 9.17) is 9.47 Å². The lowest BCUT2D eigenvalue weighted by atomic mass is 10.1. The lowest BCUT2D eigenvalue weighted by Crippen LogP contribution is -2.32. The van der Waals surface area contributed by atoms with Gasteiger partial charge in [-0.15, -0.1) is 11.3 Å². The van der Waals surface area contributed by atoms with Crippen LogP contribution in [0.5, 0.6) is 11.5 Å². The van der Waals surface area contributed by atoms with Crippen molar-refractivity contribution in [1.82, 2.24) is 0 Å². The molecule has 2 atom stereocenters. The Balaban J connectivity index is 1.65. The van der Waals surface area contributed by atoms with E-state index < -0.39 is 0 Å². The molecule has 2 nitrogen and oxygen atoms in total. The van der Waals surface area contributed by atoms with Crippen LogP contribution in [0.1, 0.15) is 10.4 Å². The molecular weight excluding hydrogens is 348 g/mol. The topological polar surface area (TPSA) is 18.5 Å². The van der Waals surface area contributed by atoms with Crippen molar-refractivity contribution < 1.29 is 9.47 Å². The number of para-hydroxylation sites is 2. The zero-order valence-electron chi connectivity index (χ0n) is 11.2. The van der Waals surface area contributed by atoms with Gasteiger partial charge in [-0.2, -0.15) is 0 Å². The minimum atomic E-state index is -0.0297. The third kappa shape index (κ3) is 2.32. The fourth-order valence-corrected chi connectivity index (χ4v) is 4.40. The van der Waals surface area contributed by atoms with Crippen molar-refractivity contribution in [3.05, 3.63) is 59.5 Å². The Kier molecular flexibility index (Phi) is 3.36. The Bertz CT molecular complexity index is 783. The SMILES string of the molecule is BrC(c1csc2ccccc12)C1COc2ccccc2O1. The molecule has 4 rings (SSSR count). The minimum Gasteiger partial charge on any atom is -0.486 e. The predicted octanol–water partition coefficient (Wildman–Crippen LogP) is 5.18. The van der Waals surface area contributed by atoms with Gasteiger partial charge in [0, 0.05) is 4.70 Å². The lowest BCUT2D eigenvalue weighted by molar-refractivity contribution is 0.0907. The third-order valence-electron chi connectivity index (χ3n) is 3.67. The number of halogens is 1. The van der Waals surface area contributed by atoms with E-state index in [1.54, 1.807) is 11.3 Å². The maximum Gasteiger partial charge on any atom is 0.161 e. The smallest absolute Gasteiger partial charge is 0.161 e. The molecule has 0 saturated carbocycles. The molecule has 1 aromatic heterocycles. The third-order valence-corrected chi connectivity index (χ3v) is 5.73. The standard InChI is InChI=1S/C17H13BrO2S/c18-17(12-10-21-16-8-4-1-5-11(12)16)15-9-19-13-6-2-3-7-14(13)20-15/h1-8,10,15,17H,9H2. The monoisotopic (exact) mass is 360 g/mol. The molecule has 4 heteroatoms. The molecular formula is C17H13BrO2S. The molecule has 1 aliphatic heterocycles. The van der Waals surface area contributed by atoms with Crippen LogP contribution in [0.15, 0.2) is 53.9 Å². The number of benzene rings is 2. The first kappa shape index (κ1) is 13.2. The Morgan fingerprint density at radius 1 is 1.05 bits per heavy atom. The van der Waals surface area contributed by atoms with Crippen molar-refractivity contribution in [2.75, 3.05) is 6.61 Å². The summed E-state index contributed by atoms with van der Waals surface area (Å²) in [6.07, 6.45) is -0.0297. The first-order valence-corrected chi connectivity index (χ1v) is 8.61. The van der Waals surface area contributed by atoms with Gasteiger partial charge in [-0.3, -0.25) is 0 Å². The summed E-state index contributed by atoms with van der Waals surface area (Å²) in [5.74, 6) is 1.64. The maximum atomic E-state index is 6.10. The second kappa shape index (κ2) is 5.35. The first-order chi connectivity index (χ1) is 10.3. The Morgan fingerprint density at radius 3 is 2.71 bits per heavy atom. The molecule has 106 valence electrons. The maximum absolute atomic E-state index is 6.10. The van der Waals surface area contributed by atoms with Gasteiger partial charge in [0.1, 0.15) is 12.7 Å². The Hall–Kier alpha value is -1.52. The first-order valence-electron chi connectivity index (χ1n) is 6.81. The van der Waals surface area contributed by atoms with E-state index in [-0.39, 0.29) is 10.9 Å². The van der Waals surface area contributed by atoms with E-state index in [0.717, 1.165) is 11.5 Å². The van der Waals surface area contributed by atoms with Crippen LogP contribution in [-0.2, 0) is 0 Å². The van der Waals surface area contributed by atoms with E-state index in [0.29, 0.717) is 6.61 Å². The summed E-state index contributed by atoms with van der Waals surface area (Å²) >= 11 is 5.57. The van der Waals surface area contributed by atoms with Gasteiger partial charge in [0.15, 0.2) is 11.5 Å². The molecule has 0 fully saturated rings. The van der Waals surface area contributed by atoms with Gasteiger partial charge < -0.3 is 9.47 Å². The van der Waals surface area contributed by atoms with Crippen molar-refractivity contribution in [1.29, 1.82) is 0 Å². The number of fused-ring (bicyclic) bond motifs is 2. The van der Waals surface area contributed by atoms with E-state index >= 15 is 0 Å². The minimum absolute atomic E-state index is 0.0297. The van der Waals surface area contributed by atoms with Gasteiger partial charge in [-0.25, -0.2) is 0 Å². The molecule has 3 aromatic rings. The number of ether oxygens (including phenoxy) is 2. The molecule has 0 radical (unpaired) electrons. The van der Waals surface area contributed by atoms with Crippen molar-refractivity contribution in [2.24, 2.45) is 0 Å². The second-order valence-corrected chi connectivity index (χ2v) is 6.90. The molecule has 21 heavy (non-hydrogen) atoms. The zero-order valence-corrected chi connectivity index (χ0v) is 13.6. The van der Waals surface area contributed by atoms with Gasteiger partial charge in [0.25, 0.3) is 0 Å². The van der Waals surface area contributed by atoms with Crippen LogP contribution >= 0.6 is 27.3 Å². The molecule has 2 aromatic carbocycles. The molecule has 2 heterocycles.